The fourth-order valence-corrected chi connectivity index (χ4v) is 17.3. The summed E-state index contributed by atoms with van der Waals surface area (Å²) in [6, 6.07) is 136. The molecular formula is C102H64N6O2. The van der Waals surface area contributed by atoms with Crippen LogP contribution in [0.15, 0.2) is 397 Å². The molecule has 0 N–H and O–H groups in total. The van der Waals surface area contributed by atoms with Crippen LogP contribution in [0.1, 0.15) is 45.0 Å². The van der Waals surface area contributed by atoms with E-state index >= 15 is 0 Å². The number of nitrogens with zero attached hydrogens (tertiary/aromatic N) is 6. The predicted octanol–water partition coefficient (Wildman–Crippen LogP) is 25.1. The lowest BCUT2D eigenvalue weighted by Crippen LogP contribution is -2.31. The van der Waals surface area contributed by atoms with E-state index in [4.69, 9.17) is 38.7 Å². The van der Waals surface area contributed by atoms with E-state index in [0.29, 0.717) is 34.9 Å². The Morgan fingerprint density at radius 1 is 0.182 bits per heavy atom. The van der Waals surface area contributed by atoms with Crippen LogP contribution in [0.25, 0.3) is 156 Å². The van der Waals surface area contributed by atoms with Gasteiger partial charge in [-0.2, -0.15) is 0 Å². The number of para-hydroxylation sites is 3. The van der Waals surface area contributed by atoms with E-state index in [-0.39, 0.29) is 0 Å². The molecule has 0 bridgehead atoms. The van der Waals surface area contributed by atoms with Crippen molar-refractivity contribution in [3.63, 3.8) is 0 Å². The largest absolute Gasteiger partial charge is 0.456 e. The summed E-state index contributed by atoms with van der Waals surface area (Å²) in [4.78, 5) is 32.2. The van der Waals surface area contributed by atoms with Crippen LogP contribution >= 0.6 is 0 Å². The molecule has 4 heterocycles. The van der Waals surface area contributed by atoms with Gasteiger partial charge >= 0.3 is 0 Å². The molecule has 0 aliphatic heterocycles. The Morgan fingerprint density at radius 2 is 0.509 bits per heavy atom. The molecule has 4 aromatic heterocycles. The maximum absolute atomic E-state index is 6.34. The molecule has 8 heteroatoms. The first kappa shape index (κ1) is 63.8. The predicted molar refractivity (Wildman–Crippen MR) is 444 cm³/mol. The lowest BCUT2D eigenvalue weighted by atomic mass is 9.71. The second-order valence-corrected chi connectivity index (χ2v) is 28.2. The maximum Gasteiger partial charge on any atom is 0.164 e. The summed E-state index contributed by atoms with van der Waals surface area (Å²) in [5.41, 5.74) is 24.1. The molecule has 2 aliphatic rings. The van der Waals surface area contributed by atoms with Crippen LogP contribution < -0.4 is 0 Å². The van der Waals surface area contributed by atoms with Crippen LogP contribution in [0.4, 0.5) is 0 Å². The monoisotopic (exact) mass is 1400 g/mol. The number of fused-ring (bicyclic) bond motifs is 13. The number of furan rings is 2. The summed E-state index contributed by atoms with van der Waals surface area (Å²) in [5, 5.41) is 6.67. The van der Waals surface area contributed by atoms with Gasteiger partial charge in [0, 0.05) is 49.4 Å². The molecule has 0 saturated heterocycles. The van der Waals surface area contributed by atoms with Crippen LogP contribution in [0.2, 0.25) is 0 Å². The van der Waals surface area contributed by atoms with E-state index in [2.05, 4.69) is 328 Å². The van der Waals surface area contributed by atoms with E-state index in [0.717, 1.165) is 133 Å². The Morgan fingerprint density at radius 3 is 1.03 bits per heavy atom. The van der Waals surface area contributed by atoms with Crippen molar-refractivity contribution >= 4 is 54.6 Å². The fraction of sp³-hybridized carbons (Fsp3) is 0.0196. The van der Waals surface area contributed by atoms with Crippen molar-refractivity contribution < 1.29 is 8.83 Å². The lowest BCUT2D eigenvalue weighted by molar-refractivity contribution is 0.669. The molecule has 0 amide bonds. The number of benzene rings is 16. The number of rotatable bonds is 11. The average Bonchev–Trinajstić information content (AvgIpc) is 1.54. The van der Waals surface area contributed by atoms with E-state index in [1.807, 2.05) is 60.7 Å². The fourth-order valence-electron chi connectivity index (χ4n) is 17.3. The van der Waals surface area contributed by atoms with Gasteiger partial charge in [0.2, 0.25) is 0 Å². The minimum atomic E-state index is -0.774. The van der Waals surface area contributed by atoms with Gasteiger partial charge in [-0.05, 0) is 112 Å². The first-order valence-electron chi connectivity index (χ1n) is 37.2. The Hall–Kier alpha value is -14.6. The van der Waals surface area contributed by atoms with Crippen molar-refractivity contribution in [3.8, 4) is 101 Å². The molecule has 110 heavy (non-hydrogen) atoms. The van der Waals surface area contributed by atoms with E-state index in [1.165, 1.54) is 33.4 Å². The van der Waals surface area contributed by atoms with Gasteiger partial charge in [0.25, 0.3) is 0 Å². The van der Waals surface area contributed by atoms with Crippen LogP contribution in [-0.4, -0.2) is 29.9 Å². The van der Waals surface area contributed by atoms with Gasteiger partial charge in [0.15, 0.2) is 34.9 Å². The van der Waals surface area contributed by atoms with Gasteiger partial charge in [-0.1, -0.05) is 370 Å². The van der Waals surface area contributed by atoms with Gasteiger partial charge in [0.05, 0.1) is 0 Å². The molecule has 2 aliphatic carbocycles. The van der Waals surface area contributed by atoms with Crippen LogP contribution in [0.3, 0.4) is 0 Å². The third kappa shape index (κ3) is 10.2. The van der Waals surface area contributed by atoms with Crippen molar-refractivity contribution in [2.75, 3.05) is 0 Å². The van der Waals surface area contributed by atoms with E-state index in [9.17, 15) is 0 Å². The molecular weight excluding hydrogens is 1340 g/mol. The lowest BCUT2D eigenvalue weighted by Gasteiger charge is -2.32. The first-order chi connectivity index (χ1) is 54.5. The quantitative estimate of drug-likeness (QED) is 0.126. The maximum atomic E-state index is 6.34. The number of hydrogen-bond acceptors (Lipinski definition) is 8. The number of aromatic nitrogens is 6. The van der Waals surface area contributed by atoms with Gasteiger partial charge in [-0.3, -0.25) is 0 Å². The summed E-state index contributed by atoms with van der Waals surface area (Å²) in [6.45, 7) is 0. The average molecular weight is 1410 g/mol. The zero-order chi connectivity index (χ0) is 72.7. The summed E-state index contributed by atoms with van der Waals surface area (Å²) in [5.74, 6) is 3.93. The molecule has 8 nitrogen and oxygen atoms in total. The van der Waals surface area contributed by atoms with E-state index < -0.39 is 10.8 Å². The summed E-state index contributed by atoms with van der Waals surface area (Å²) >= 11 is 0. The van der Waals surface area contributed by atoms with Gasteiger partial charge in [-0.25, -0.2) is 29.9 Å². The van der Waals surface area contributed by atoms with Crippen LogP contribution in [0.5, 0.6) is 0 Å². The minimum Gasteiger partial charge on any atom is -0.456 e. The Labute approximate surface area is 634 Å². The topological polar surface area (TPSA) is 104 Å². The van der Waals surface area contributed by atoms with E-state index in [1.54, 1.807) is 0 Å². The molecule has 0 saturated carbocycles. The molecule has 0 radical (unpaired) electrons. The van der Waals surface area contributed by atoms with Crippen molar-refractivity contribution in [3.05, 3.63) is 433 Å². The molecule has 514 valence electrons. The Bertz CT molecular complexity index is 6870. The van der Waals surface area contributed by atoms with Gasteiger partial charge in [-0.15, -0.1) is 0 Å². The molecule has 16 aromatic carbocycles. The highest BCUT2D eigenvalue weighted by molar-refractivity contribution is 6.16. The van der Waals surface area contributed by atoms with Gasteiger partial charge < -0.3 is 8.83 Å². The second kappa shape index (κ2) is 26.2. The van der Waals surface area contributed by atoms with Crippen molar-refractivity contribution in [1.29, 1.82) is 0 Å². The third-order valence-corrected chi connectivity index (χ3v) is 22.3. The SMILES string of the molecule is c1ccc(-c2nc(-c3ccc(-c4ccc(-c5cccc6c5oc5ccccc56)cc4)cc3)nc(C3(c4ccccc4)c4ccccc4-c4ccccc43)n2)cc1.c1ccc(-c2nc(-c3cccc4c(-c5cccc6oc7ccccc7c56)cccc34)nc(C3(c4ccccc4)c4ccccc4-c4ccccc43)n2)cc1. The molecule has 0 atom stereocenters. The Balaban J connectivity index is 0.000000140. The minimum absolute atomic E-state index is 0.630. The standard InChI is InChI=1S/C52H33N3O.C50H31N3O/c1-3-14-37(15-4-1)49-53-50(55-51(54-49)52(39-16-5-2-6-17-39)45-23-10-7-18-41(45)42-19-8-11-24-46(42)52)38-32-28-35(29-33-38)34-26-30-36(31-27-34)40-21-13-22-44-43-20-9-12-25-47(43)56-48(40)44;1-3-16-32(17-4-1)47-51-48(53-49(52-47)50(33-18-5-2-6-19-33)42-28-10-7-20-37(42)38-21-8-11-29-43(38)50)40-27-14-23-34-35(24-13-25-36(34)40)39-26-15-31-45-46(39)41-22-9-12-30-44(41)54-45/h1-33H;1-31H. The Kier molecular flexibility index (Phi) is 15.2. The van der Waals surface area contributed by atoms with Crippen LogP contribution in [0, 0.1) is 0 Å². The number of hydrogen-bond donors (Lipinski definition) is 0. The van der Waals surface area contributed by atoms with Gasteiger partial charge in [0.1, 0.15) is 33.2 Å². The molecule has 22 rings (SSSR count). The second-order valence-electron chi connectivity index (χ2n) is 28.2. The summed E-state index contributed by atoms with van der Waals surface area (Å²) in [7, 11) is 0. The zero-order valence-electron chi connectivity index (χ0n) is 59.5. The first-order valence-corrected chi connectivity index (χ1v) is 37.2. The summed E-state index contributed by atoms with van der Waals surface area (Å²) < 4.78 is 12.6. The molecule has 0 fully saturated rings. The molecule has 20 aromatic rings. The van der Waals surface area contributed by atoms with Crippen molar-refractivity contribution in [2.24, 2.45) is 0 Å². The van der Waals surface area contributed by atoms with Crippen LogP contribution in [-0.2, 0) is 10.8 Å². The van der Waals surface area contributed by atoms with Crippen molar-refractivity contribution in [1.82, 2.24) is 29.9 Å². The highest BCUT2D eigenvalue weighted by atomic mass is 16.3. The highest BCUT2D eigenvalue weighted by Crippen LogP contribution is 2.58. The third-order valence-electron chi connectivity index (χ3n) is 22.3. The molecule has 0 spiro atoms. The smallest absolute Gasteiger partial charge is 0.164 e. The zero-order valence-corrected chi connectivity index (χ0v) is 59.5. The highest BCUT2D eigenvalue weighted by Gasteiger charge is 2.50. The molecule has 0 unspecified atom stereocenters. The summed E-state index contributed by atoms with van der Waals surface area (Å²) in [6.07, 6.45) is 0. The van der Waals surface area contributed by atoms with Crippen molar-refractivity contribution in [2.45, 2.75) is 10.8 Å². The normalized spacial score (nSPS) is 12.9.